The summed E-state index contributed by atoms with van der Waals surface area (Å²) in [6, 6.07) is 7.39. The normalized spacial score (nSPS) is 19.9. The molecule has 0 unspecified atom stereocenters. The van der Waals surface area contributed by atoms with Crippen LogP contribution in [0.3, 0.4) is 0 Å². The first-order valence-electron chi connectivity index (χ1n) is 10.3. The number of para-hydroxylation sites is 2. The molecule has 29 heavy (non-hydrogen) atoms. The Morgan fingerprint density at radius 1 is 1.31 bits per heavy atom. The number of nitrogens with one attached hydrogen (secondary N) is 1. The molecule has 0 spiro atoms. The summed E-state index contributed by atoms with van der Waals surface area (Å²) in [5.74, 6) is 2.23. The van der Waals surface area contributed by atoms with E-state index < -0.39 is 6.10 Å². The SMILES string of the molecule is COc1ccccc1O[C@@H](C)C(=O)N1CCC[C@H](c2ncc3c(n2)CCNC3)C1. The second kappa shape index (κ2) is 8.78. The van der Waals surface area contributed by atoms with Gasteiger partial charge in [0.1, 0.15) is 5.82 Å². The van der Waals surface area contributed by atoms with Crippen LogP contribution in [0.15, 0.2) is 30.5 Å². The Bertz CT molecular complexity index is 873. The van der Waals surface area contributed by atoms with Crippen LogP contribution in [-0.4, -0.2) is 53.6 Å². The van der Waals surface area contributed by atoms with Gasteiger partial charge in [-0.25, -0.2) is 9.97 Å². The van der Waals surface area contributed by atoms with Crippen LogP contribution in [0.1, 0.15) is 42.8 Å². The van der Waals surface area contributed by atoms with Gasteiger partial charge in [0.15, 0.2) is 17.6 Å². The molecule has 0 radical (unpaired) electrons. The van der Waals surface area contributed by atoms with E-state index in [1.54, 1.807) is 14.0 Å². The zero-order chi connectivity index (χ0) is 20.2. The summed E-state index contributed by atoms with van der Waals surface area (Å²) in [6.07, 6.45) is 4.24. The minimum atomic E-state index is -0.583. The number of methoxy groups -OCH3 is 1. The molecule has 1 aromatic heterocycles. The van der Waals surface area contributed by atoms with Crippen LogP contribution in [0.25, 0.3) is 0 Å². The Labute approximate surface area is 171 Å². The van der Waals surface area contributed by atoms with E-state index in [9.17, 15) is 4.79 Å². The molecule has 0 aliphatic carbocycles. The van der Waals surface area contributed by atoms with Gasteiger partial charge < -0.3 is 19.7 Å². The number of likely N-dealkylation sites (tertiary alicyclic amines) is 1. The van der Waals surface area contributed by atoms with Gasteiger partial charge in [0.05, 0.1) is 7.11 Å². The van der Waals surface area contributed by atoms with Crippen molar-refractivity contribution in [3.8, 4) is 11.5 Å². The highest BCUT2D eigenvalue weighted by Crippen LogP contribution is 2.29. The Morgan fingerprint density at radius 2 is 2.14 bits per heavy atom. The Hall–Kier alpha value is -2.67. The molecule has 7 nitrogen and oxygen atoms in total. The van der Waals surface area contributed by atoms with Crippen LogP contribution >= 0.6 is 0 Å². The molecule has 154 valence electrons. The number of benzene rings is 1. The predicted octanol–water partition coefficient (Wildman–Crippen LogP) is 2.30. The smallest absolute Gasteiger partial charge is 0.263 e. The number of carbonyl (C=O) groups is 1. The number of rotatable bonds is 5. The van der Waals surface area contributed by atoms with E-state index in [-0.39, 0.29) is 11.8 Å². The highest BCUT2D eigenvalue weighted by molar-refractivity contribution is 5.81. The molecular formula is C22H28N4O3. The highest BCUT2D eigenvalue weighted by Gasteiger charge is 2.30. The number of nitrogens with zero attached hydrogens (tertiary/aromatic N) is 3. The lowest BCUT2D eigenvalue weighted by Gasteiger charge is -2.34. The van der Waals surface area contributed by atoms with E-state index in [0.717, 1.165) is 50.4 Å². The fourth-order valence-electron chi connectivity index (χ4n) is 4.05. The molecule has 1 N–H and O–H groups in total. The summed E-state index contributed by atoms with van der Waals surface area (Å²) >= 11 is 0. The van der Waals surface area contributed by atoms with E-state index in [0.29, 0.717) is 18.0 Å². The van der Waals surface area contributed by atoms with Crippen LogP contribution in [0.4, 0.5) is 0 Å². The number of ether oxygens (including phenoxy) is 2. The van der Waals surface area contributed by atoms with Gasteiger partial charge in [-0.2, -0.15) is 0 Å². The number of aromatic nitrogens is 2. The van der Waals surface area contributed by atoms with E-state index in [2.05, 4.69) is 10.3 Å². The second-order valence-corrected chi connectivity index (χ2v) is 7.66. The molecule has 2 aromatic rings. The maximum absolute atomic E-state index is 13.0. The van der Waals surface area contributed by atoms with Crippen molar-refractivity contribution in [2.75, 3.05) is 26.7 Å². The largest absolute Gasteiger partial charge is 0.493 e. The van der Waals surface area contributed by atoms with Crippen LogP contribution in [-0.2, 0) is 17.8 Å². The molecule has 0 bridgehead atoms. The van der Waals surface area contributed by atoms with E-state index >= 15 is 0 Å². The summed E-state index contributed by atoms with van der Waals surface area (Å²) in [5.41, 5.74) is 2.33. The average Bonchev–Trinajstić information content (AvgIpc) is 2.78. The molecule has 0 saturated carbocycles. The van der Waals surface area contributed by atoms with Gasteiger partial charge in [-0.1, -0.05) is 12.1 Å². The van der Waals surface area contributed by atoms with Gasteiger partial charge in [-0.15, -0.1) is 0 Å². The van der Waals surface area contributed by atoms with Crippen molar-refractivity contribution < 1.29 is 14.3 Å². The van der Waals surface area contributed by atoms with E-state index in [4.69, 9.17) is 14.5 Å². The molecule has 2 aliphatic rings. The number of hydrogen-bond donors (Lipinski definition) is 1. The topological polar surface area (TPSA) is 76.6 Å². The maximum atomic E-state index is 13.0. The molecular weight excluding hydrogens is 368 g/mol. The van der Waals surface area contributed by atoms with Crippen LogP contribution < -0.4 is 14.8 Å². The second-order valence-electron chi connectivity index (χ2n) is 7.66. The van der Waals surface area contributed by atoms with Crippen molar-refractivity contribution in [1.82, 2.24) is 20.2 Å². The van der Waals surface area contributed by atoms with Crippen LogP contribution in [0.2, 0.25) is 0 Å². The summed E-state index contributed by atoms with van der Waals surface area (Å²) in [5, 5.41) is 3.35. The lowest BCUT2D eigenvalue weighted by molar-refractivity contribution is -0.139. The Balaban J connectivity index is 1.43. The van der Waals surface area contributed by atoms with Gasteiger partial charge >= 0.3 is 0 Å². The number of hydrogen-bond acceptors (Lipinski definition) is 6. The number of piperidine rings is 1. The average molecular weight is 396 g/mol. The number of carbonyl (C=O) groups excluding carboxylic acids is 1. The van der Waals surface area contributed by atoms with Gasteiger partial charge in [0, 0.05) is 56.0 Å². The zero-order valence-electron chi connectivity index (χ0n) is 17.1. The van der Waals surface area contributed by atoms with Crippen molar-refractivity contribution >= 4 is 5.91 Å². The first-order valence-corrected chi connectivity index (χ1v) is 10.3. The summed E-state index contributed by atoms with van der Waals surface area (Å²) in [4.78, 5) is 24.3. The summed E-state index contributed by atoms with van der Waals surface area (Å²) in [7, 11) is 1.60. The third kappa shape index (κ3) is 4.34. The standard InChI is InChI=1S/C22H28N4O3/c1-15(29-20-8-4-3-7-19(20)28-2)22(27)26-11-5-6-16(14-26)21-24-13-17-12-23-10-9-18(17)25-21/h3-4,7-8,13,15-16,23H,5-6,9-12,14H2,1-2H3/t15-,16-/m0/s1. The van der Waals surface area contributed by atoms with Gasteiger partial charge in [-0.05, 0) is 31.9 Å². The summed E-state index contributed by atoms with van der Waals surface area (Å²) < 4.78 is 11.2. The summed E-state index contributed by atoms with van der Waals surface area (Å²) in [6.45, 7) is 4.96. The molecule has 1 saturated heterocycles. The van der Waals surface area contributed by atoms with Gasteiger partial charge in [-0.3, -0.25) is 4.79 Å². The fourth-order valence-corrected chi connectivity index (χ4v) is 4.05. The Kier molecular flexibility index (Phi) is 5.94. The lowest BCUT2D eigenvalue weighted by Crippen LogP contribution is -2.45. The maximum Gasteiger partial charge on any atom is 0.263 e. The molecule has 1 fully saturated rings. The monoisotopic (exact) mass is 396 g/mol. The minimum Gasteiger partial charge on any atom is -0.493 e. The molecule has 1 amide bonds. The van der Waals surface area contributed by atoms with E-state index in [1.165, 1.54) is 5.56 Å². The molecule has 7 heteroatoms. The Morgan fingerprint density at radius 3 is 2.97 bits per heavy atom. The van der Waals surface area contributed by atoms with Crippen molar-refractivity contribution in [2.45, 2.75) is 44.8 Å². The molecule has 1 aromatic carbocycles. The van der Waals surface area contributed by atoms with Crippen molar-refractivity contribution in [3.05, 3.63) is 47.5 Å². The van der Waals surface area contributed by atoms with Crippen molar-refractivity contribution in [3.63, 3.8) is 0 Å². The van der Waals surface area contributed by atoms with Gasteiger partial charge in [0.2, 0.25) is 0 Å². The van der Waals surface area contributed by atoms with Crippen molar-refractivity contribution in [1.29, 1.82) is 0 Å². The highest BCUT2D eigenvalue weighted by atomic mass is 16.5. The third-order valence-electron chi connectivity index (χ3n) is 5.65. The molecule has 2 aliphatic heterocycles. The molecule has 3 heterocycles. The van der Waals surface area contributed by atoms with Crippen LogP contribution in [0.5, 0.6) is 11.5 Å². The lowest BCUT2D eigenvalue weighted by atomic mass is 9.96. The number of amides is 1. The third-order valence-corrected chi connectivity index (χ3v) is 5.65. The van der Waals surface area contributed by atoms with E-state index in [1.807, 2.05) is 35.4 Å². The zero-order valence-corrected chi connectivity index (χ0v) is 17.1. The first-order chi connectivity index (χ1) is 14.2. The van der Waals surface area contributed by atoms with Crippen LogP contribution in [0, 0.1) is 0 Å². The molecule has 4 rings (SSSR count). The quantitative estimate of drug-likeness (QED) is 0.836. The predicted molar refractivity (Wildman–Crippen MR) is 109 cm³/mol. The first kappa shape index (κ1) is 19.6. The minimum absolute atomic E-state index is 0.0113. The van der Waals surface area contributed by atoms with Crippen molar-refractivity contribution in [2.24, 2.45) is 0 Å². The van der Waals surface area contributed by atoms with Gasteiger partial charge in [0.25, 0.3) is 5.91 Å². The fraction of sp³-hybridized carbons (Fsp3) is 0.500. The number of fused-ring (bicyclic) bond motifs is 1. The molecule has 2 atom stereocenters.